The van der Waals surface area contributed by atoms with Gasteiger partial charge in [0.15, 0.2) is 0 Å². The number of alkyl halides is 3. The molecule has 5 rings (SSSR count). The van der Waals surface area contributed by atoms with Crippen LogP contribution < -0.4 is 14.4 Å². The van der Waals surface area contributed by atoms with Crippen LogP contribution in [0.5, 0.6) is 5.75 Å². The van der Waals surface area contributed by atoms with E-state index >= 15 is 0 Å². The molecule has 2 aliphatic heterocycles. The predicted octanol–water partition coefficient (Wildman–Crippen LogP) is 4.21. The lowest BCUT2D eigenvalue weighted by atomic mass is 9.98. The Morgan fingerprint density at radius 3 is 2.00 bits per heavy atom. The van der Waals surface area contributed by atoms with Crippen molar-refractivity contribution >= 4 is 21.4 Å². The largest absolute Gasteiger partial charge is 0.573 e. The minimum absolute atomic E-state index is 0.0174. The molecule has 1 fully saturated rings. The van der Waals surface area contributed by atoms with Crippen LogP contribution in [0, 0.1) is 11.6 Å². The molecule has 2 heterocycles. The van der Waals surface area contributed by atoms with Crippen LogP contribution >= 0.6 is 0 Å². The molecule has 3 atom stereocenters. The monoisotopic (exact) mass is 570 g/mol. The highest BCUT2D eigenvalue weighted by Gasteiger charge is 2.41. The van der Waals surface area contributed by atoms with Gasteiger partial charge in [-0.2, -0.15) is 0 Å². The highest BCUT2D eigenvalue weighted by molar-refractivity contribution is 7.89. The zero-order valence-corrected chi connectivity index (χ0v) is 21.0. The second-order valence-corrected chi connectivity index (χ2v) is 11.0. The number of aliphatic hydroxyl groups is 1. The van der Waals surface area contributed by atoms with Gasteiger partial charge in [0, 0.05) is 11.4 Å². The number of aryl methyl sites for hydroxylation is 2. The first kappa shape index (κ1) is 27.3. The fraction of sp³-hybridized carbons (Fsp3) is 0.308. The molecule has 208 valence electrons. The summed E-state index contributed by atoms with van der Waals surface area (Å²) in [5, 5.41) is 11.4. The smallest absolute Gasteiger partial charge is 0.406 e. The van der Waals surface area contributed by atoms with E-state index in [9.17, 15) is 35.5 Å². The van der Waals surface area contributed by atoms with Crippen LogP contribution in [-0.4, -0.2) is 51.3 Å². The summed E-state index contributed by atoms with van der Waals surface area (Å²) < 4.78 is 103. The molecule has 0 unspecified atom stereocenters. The summed E-state index contributed by atoms with van der Waals surface area (Å²) in [6.07, 6.45) is -5.45. The Balaban J connectivity index is 1.44. The van der Waals surface area contributed by atoms with Gasteiger partial charge in [-0.05, 0) is 84.6 Å². The number of nitrogens with zero attached hydrogens (tertiary/aromatic N) is 1. The van der Waals surface area contributed by atoms with Gasteiger partial charge in [-0.3, -0.25) is 0 Å². The first-order chi connectivity index (χ1) is 18.4. The number of benzene rings is 3. The van der Waals surface area contributed by atoms with Crippen LogP contribution in [0.4, 0.5) is 33.3 Å². The van der Waals surface area contributed by atoms with E-state index in [1.807, 2.05) is 0 Å². The van der Waals surface area contributed by atoms with Gasteiger partial charge < -0.3 is 19.5 Å². The Morgan fingerprint density at radius 2 is 1.46 bits per heavy atom. The van der Waals surface area contributed by atoms with Crippen LogP contribution in [-0.2, 0) is 27.6 Å². The summed E-state index contributed by atoms with van der Waals surface area (Å²) >= 11 is 0. The fourth-order valence-electron chi connectivity index (χ4n) is 4.93. The van der Waals surface area contributed by atoms with Crippen LogP contribution in [0.2, 0.25) is 0 Å². The molecule has 2 N–H and O–H groups in total. The number of ether oxygens (including phenoxy) is 2. The molecule has 0 aliphatic carbocycles. The topological polar surface area (TPSA) is 88.1 Å². The van der Waals surface area contributed by atoms with Crippen LogP contribution in [0.15, 0.2) is 65.6 Å². The van der Waals surface area contributed by atoms with Gasteiger partial charge >= 0.3 is 6.36 Å². The molecule has 0 bridgehead atoms. The van der Waals surface area contributed by atoms with Gasteiger partial charge in [0.2, 0.25) is 10.0 Å². The van der Waals surface area contributed by atoms with Crippen LogP contribution in [0.1, 0.15) is 11.1 Å². The molecular formula is C26H23F5N2O5S. The van der Waals surface area contributed by atoms with Gasteiger partial charge in [0.1, 0.15) is 17.4 Å². The van der Waals surface area contributed by atoms with E-state index in [-0.39, 0.29) is 18.1 Å². The maximum atomic E-state index is 14.1. The Labute approximate surface area is 220 Å². The molecule has 2 aliphatic rings. The lowest BCUT2D eigenvalue weighted by molar-refractivity contribution is -0.274. The quantitative estimate of drug-likeness (QED) is 0.447. The van der Waals surface area contributed by atoms with E-state index < -0.39 is 52.0 Å². The van der Waals surface area contributed by atoms with Crippen molar-refractivity contribution in [1.29, 1.82) is 0 Å². The lowest BCUT2D eigenvalue weighted by Gasteiger charge is -2.43. The minimum Gasteiger partial charge on any atom is -0.406 e. The highest BCUT2D eigenvalue weighted by Crippen LogP contribution is 2.40. The molecule has 3 aromatic rings. The maximum absolute atomic E-state index is 14.1. The van der Waals surface area contributed by atoms with Crippen molar-refractivity contribution in [3.63, 3.8) is 0 Å². The van der Waals surface area contributed by atoms with Crippen molar-refractivity contribution in [1.82, 2.24) is 4.72 Å². The van der Waals surface area contributed by atoms with E-state index in [0.717, 1.165) is 24.3 Å². The number of hydrogen-bond acceptors (Lipinski definition) is 6. The number of fused-ring (bicyclic) bond motifs is 2. The molecule has 0 amide bonds. The summed E-state index contributed by atoms with van der Waals surface area (Å²) in [5.41, 5.74) is 2.39. The van der Waals surface area contributed by atoms with E-state index in [1.165, 1.54) is 24.3 Å². The molecule has 13 heteroatoms. The molecule has 1 saturated heterocycles. The number of hydrogen-bond donors (Lipinski definition) is 2. The lowest BCUT2D eigenvalue weighted by Crippen LogP contribution is -2.60. The Kier molecular flexibility index (Phi) is 7.27. The second-order valence-electron chi connectivity index (χ2n) is 9.26. The zero-order valence-electron chi connectivity index (χ0n) is 20.2. The molecule has 3 aromatic carbocycles. The van der Waals surface area contributed by atoms with Crippen molar-refractivity contribution in [2.24, 2.45) is 0 Å². The standard InChI is InChI=1S/C26H23F5N2O5S/c27-17-3-9-22-15(11-17)1-2-16-12-18(28)4-10-23(16)33(22)24-14-37-13-21(25(24)34)32-39(35,36)20-7-5-19(6-8-20)38-26(29,30)31/h3-12,21,24-25,32,34H,1-2,13-14H2/t21-,24+,25+/m0/s1. The summed E-state index contributed by atoms with van der Waals surface area (Å²) in [5.74, 6) is -1.50. The van der Waals surface area contributed by atoms with E-state index in [0.29, 0.717) is 35.3 Å². The van der Waals surface area contributed by atoms with Gasteiger partial charge in [0.25, 0.3) is 0 Å². The second kappa shape index (κ2) is 10.4. The highest BCUT2D eigenvalue weighted by atomic mass is 32.2. The number of halogens is 5. The van der Waals surface area contributed by atoms with Crippen LogP contribution in [0.3, 0.4) is 0 Å². The van der Waals surface area contributed by atoms with Gasteiger partial charge in [-0.25, -0.2) is 21.9 Å². The van der Waals surface area contributed by atoms with Crippen LogP contribution in [0.25, 0.3) is 0 Å². The number of sulfonamides is 1. The third-order valence-corrected chi connectivity index (χ3v) is 8.17. The van der Waals surface area contributed by atoms with Gasteiger partial charge in [-0.1, -0.05) is 0 Å². The first-order valence-electron chi connectivity index (χ1n) is 11.9. The summed E-state index contributed by atoms with van der Waals surface area (Å²) in [4.78, 5) is 1.37. The maximum Gasteiger partial charge on any atom is 0.573 e. The number of aliphatic hydroxyl groups excluding tert-OH is 1. The molecule has 0 saturated carbocycles. The molecule has 39 heavy (non-hydrogen) atoms. The van der Waals surface area contributed by atoms with Crippen molar-refractivity contribution in [3.8, 4) is 5.75 Å². The Bertz CT molecular complexity index is 1410. The van der Waals surface area contributed by atoms with Crippen molar-refractivity contribution < 1.29 is 45.0 Å². The summed E-state index contributed by atoms with van der Waals surface area (Å²) in [6.45, 7) is -0.205. The summed E-state index contributed by atoms with van der Waals surface area (Å²) in [7, 11) is -4.29. The third-order valence-electron chi connectivity index (χ3n) is 6.66. The van der Waals surface area contributed by atoms with Crippen molar-refractivity contribution in [3.05, 3.63) is 83.4 Å². The molecule has 0 aromatic heterocycles. The molecule has 7 nitrogen and oxygen atoms in total. The normalized spacial score (nSPS) is 21.6. The van der Waals surface area contributed by atoms with Crippen molar-refractivity contribution in [2.45, 2.75) is 42.3 Å². The summed E-state index contributed by atoms with van der Waals surface area (Å²) in [6, 6.07) is 10.00. The van der Waals surface area contributed by atoms with Gasteiger partial charge in [-0.15, -0.1) is 13.2 Å². The molecule has 0 radical (unpaired) electrons. The van der Waals surface area contributed by atoms with E-state index in [4.69, 9.17) is 4.74 Å². The van der Waals surface area contributed by atoms with Crippen molar-refractivity contribution in [2.75, 3.05) is 18.1 Å². The zero-order chi connectivity index (χ0) is 27.9. The SMILES string of the molecule is O=S(=O)(N[C@H]1COC[C@@H](N2c3ccc(F)cc3CCc3cc(F)ccc32)[C@@H]1O)c1ccc(OC(F)(F)F)cc1. The fourth-order valence-corrected chi connectivity index (χ4v) is 6.17. The van der Waals surface area contributed by atoms with Gasteiger partial charge in [0.05, 0.1) is 36.3 Å². The van der Waals surface area contributed by atoms with E-state index in [1.54, 1.807) is 17.0 Å². The molecule has 0 spiro atoms. The number of anilines is 2. The Hall–Kier alpha value is -3.26. The number of rotatable bonds is 5. The molecular weight excluding hydrogens is 547 g/mol. The Morgan fingerprint density at radius 1 is 0.897 bits per heavy atom. The average molecular weight is 571 g/mol. The number of nitrogens with one attached hydrogen (secondary N) is 1. The predicted molar refractivity (Wildman–Crippen MR) is 130 cm³/mol. The third kappa shape index (κ3) is 5.86. The first-order valence-corrected chi connectivity index (χ1v) is 13.4. The average Bonchev–Trinajstić information content (AvgIpc) is 3.01. The minimum atomic E-state index is -4.93. The van der Waals surface area contributed by atoms with E-state index in [2.05, 4.69) is 9.46 Å².